The Balaban J connectivity index is 1.76. The molecule has 0 unspecified atom stereocenters. The van der Waals surface area contributed by atoms with Crippen LogP contribution in [0, 0.1) is 20.8 Å². The molecule has 1 atom stereocenters. The van der Waals surface area contributed by atoms with Crippen molar-refractivity contribution in [3.8, 4) is 5.69 Å². The number of anilines is 1. The van der Waals surface area contributed by atoms with Crippen LogP contribution in [0.2, 0.25) is 0 Å². The molecule has 0 saturated heterocycles. The molecule has 144 valence electrons. The number of aromatic nitrogens is 2. The number of carbonyl (C=O) groups excluding carboxylic acids is 1. The molecule has 0 aliphatic heterocycles. The largest absolute Gasteiger partial charge is 0.325 e. The van der Waals surface area contributed by atoms with Gasteiger partial charge in [-0.1, -0.05) is 41.6 Å². The van der Waals surface area contributed by atoms with E-state index in [0.717, 1.165) is 22.4 Å². The molecule has 1 N–H and O–H groups in total. The van der Waals surface area contributed by atoms with E-state index in [1.807, 2.05) is 70.2 Å². The summed E-state index contributed by atoms with van der Waals surface area (Å²) in [5.74, 6) is -0.103. The van der Waals surface area contributed by atoms with E-state index in [1.165, 1.54) is 22.5 Å². The van der Waals surface area contributed by atoms with Crippen LogP contribution in [0.1, 0.15) is 23.6 Å². The molecule has 0 bridgehead atoms. The molecule has 1 aromatic heterocycles. The molecule has 3 aromatic rings. The summed E-state index contributed by atoms with van der Waals surface area (Å²) >= 11 is 1.32. The van der Waals surface area contributed by atoms with Crippen LogP contribution in [0.5, 0.6) is 0 Å². The number of rotatable bonds is 5. The highest BCUT2D eigenvalue weighted by Gasteiger charge is 2.17. The van der Waals surface area contributed by atoms with Crippen molar-refractivity contribution in [1.29, 1.82) is 0 Å². The van der Waals surface area contributed by atoms with Crippen molar-refractivity contribution < 1.29 is 4.79 Å². The zero-order chi connectivity index (χ0) is 20.3. The van der Waals surface area contributed by atoms with E-state index in [-0.39, 0.29) is 16.7 Å². The molecule has 5 nitrogen and oxygen atoms in total. The maximum absolute atomic E-state index is 12.6. The summed E-state index contributed by atoms with van der Waals surface area (Å²) in [4.78, 5) is 24.8. The van der Waals surface area contributed by atoms with Crippen LogP contribution >= 0.6 is 11.8 Å². The van der Waals surface area contributed by atoms with Gasteiger partial charge in [0.2, 0.25) is 5.91 Å². The summed E-state index contributed by atoms with van der Waals surface area (Å²) in [7, 11) is 0. The van der Waals surface area contributed by atoms with Gasteiger partial charge in [0, 0.05) is 11.8 Å². The SMILES string of the molecule is Cc1ccc(-n2nc(S[C@H](C)C(=O)Nc3cc(C)ccc3C)ccc2=O)cc1. The maximum atomic E-state index is 12.6. The maximum Gasteiger partial charge on any atom is 0.271 e. The summed E-state index contributed by atoms with van der Waals surface area (Å²) in [6.45, 7) is 7.77. The minimum atomic E-state index is -0.364. The van der Waals surface area contributed by atoms with Crippen molar-refractivity contribution in [2.24, 2.45) is 0 Å². The van der Waals surface area contributed by atoms with Gasteiger partial charge in [-0.05, 0) is 63.1 Å². The number of hydrogen-bond donors (Lipinski definition) is 1. The number of thioether (sulfide) groups is 1. The Morgan fingerprint density at radius 2 is 1.68 bits per heavy atom. The van der Waals surface area contributed by atoms with E-state index < -0.39 is 0 Å². The summed E-state index contributed by atoms with van der Waals surface area (Å²) in [6.07, 6.45) is 0. The molecule has 3 rings (SSSR count). The third-order valence-corrected chi connectivity index (χ3v) is 5.40. The van der Waals surface area contributed by atoms with E-state index in [4.69, 9.17) is 0 Å². The summed E-state index contributed by atoms with van der Waals surface area (Å²) < 4.78 is 1.36. The summed E-state index contributed by atoms with van der Waals surface area (Å²) in [6, 6.07) is 16.7. The van der Waals surface area contributed by atoms with Gasteiger partial charge in [-0.3, -0.25) is 9.59 Å². The van der Waals surface area contributed by atoms with Crippen molar-refractivity contribution in [2.75, 3.05) is 5.32 Å². The van der Waals surface area contributed by atoms with Crippen molar-refractivity contribution in [3.63, 3.8) is 0 Å². The lowest BCUT2D eigenvalue weighted by Gasteiger charge is -2.14. The molecule has 6 heteroatoms. The lowest BCUT2D eigenvalue weighted by Crippen LogP contribution is -2.24. The second-order valence-corrected chi connectivity index (χ2v) is 8.19. The van der Waals surface area contributed by atoms with Gasteiger partial charge < -0.3 is 5.32 Å². The first-order valence-corrected chi connectivity index (χ1v) is 9.93. The van der Waals surface area contributed by atoms with E-state index in [0.29, 0.717) is 10.7 Å². The molecule has 0 aliphatic rings. The fourth-order valence-electron chi connectivity index (χ4n) is 2.67. The minimum absolute atomic E-state index is 0.103. The van der Waals surface area contributed by atoms with Crippen LogP contribution in [-0.4, -0.2) is 20.9 Å². The Morgan fingerprint density at radius 3 is 2.39 bits per heavy atom. The van der Waals surface area contributed by atoms with E-state index >= 15 is 0 Å². The van der Waals surface area contributed by atoms with Gasteiger partial charge in [0.05, 0.1) is 10.9 Å². The third kappa shape index (κ3) is 4.70. The number of carbonyl (C=O) groups is 1. The van der Waals surface area contributed by atoms with Gasteiger partial charge >= 0.3 is 0 Å². The predicted molar refractivity (Wildman–Crippen MR) is 114 cm³/mol. The highest BCUT2D eigenvalue weighted by atomic mass is 32.2. The molecule has 28 heavy (non-hydrogen) atoms. The molecule has 1 amide bonds. The van der Waals surface area contributed by atoms with Crippen LogP contribution in [0.15, 0.2) is 64.4 Å². The average molecular weight is 394 g/mol. The zero-order valence-corrected chi connectivity index (χ0v) is 17.2. The standard InChI is InChI=1S/C22H23N3O2S/c1-14-6-9-18(10-7-14)25-21(26)12-11-20(24-25)28-17(4)22(27)23-19-13-15(2)5-8-16(19)3/h5-13,17H,1-4H3,(H,23,27)/t17-/m1/s1. The molecule has 1 heterocycles. The Kier molecular flexibility index (Phi) is 5.99. The normalized spacial score (nSPS) is 11.9. The molecular formula is C22H23N3O2S. The lowest BCUT2D eigenvalue weighted by molar-refractivity contribution is -0.115. The smallest absolute Gasteiger partial charge is 0.271 e. The number of nitrogens with zero attached hydrogens (tertiary/aromatic N) is 2. The first kappa shape index (κ1) is 19.9. The fourth-order valence-corrected chi connectivity index (χ4v) is 3.47. The molecular weight excluding hydrogens is 370 g/mol. The van der Waals surface area contributed by atoms with Crippen molar-refractivity contribution in [2.45, 2.75) is 38.0 Å². The summed E-state index contributed by atoms with van der Waals surface area (Å²) in [5, 5.41) is 7.65. The number of benzene rings is 2. The Bertz CT molecular complexity index is 1060. The molecule has 0 aliphatic carbocycles. The number of nitrogens with one attached hydrogen (secondary N) is 1. The number of hydrogen-bond acceptors (Lipinski definition) is 4. The molecule has 0 saturated carbocycles. The summed E-state index contributed by atoms with van der Waals surface area (Å²) in [5.41, 5.74) is 4.52. The zero-order valence-electron chi connectivity index (χ0n) is 16.4. The van der Waals surface area contributed by atoms with Crippen LogP contribution in [0.25, 0.3) is 5.69 Å². The van der Waals surface area contributed by atoms with Gasteiger partial charge in [-0.25, -0.2) is 0 Å². The van der Waals surface area contributed by atoms with Crippen molar-refractivity contribution in [3.05, 3.63) is 81.6 Å². The first-order valence-electron chi connectivity index (χ1n) is 9.06. The van der Waals surface area contributed by atoms with Gasteiger partial charge in [-0.15, -0.1) is 0 Å². The van der Waals surface area contributed by atoms with Gasteiger partial charge in [-0.2, -0.15) is 9.78 Å². The van der Waals surface area contributed by atoms with Gasteiger partial charge in [0.25, 0.3) is 5.56 Å². The predicted octanol–water partition coefficient (Wildman–Crippen LogP) is 4.28. The lowest BCUT2D eigenvalue weighted by atomic mass is 10.1. The van der Waals surface area contributed by atoms with Gasteiger partial charge in [0.1, 0.15) is 5.03 Å². The number of amides is 1. The average Bonchev–Trinajstić information content (AvgIpc) is 2.67. The highest BCUT2D eigenvalue weighted by molar-refractivity contribution is 8.00. The van der Waals surface area contributed by atoms with Crippen LogP contribution in [-0.2, 0) is 4.79 Å². The quantitative estimate of drug-likeness (QED) is 0.657. The number of aryl methyl sites for hydroxylation is 3. The Hall–Kier alpha value is -2.86. The Labute approximate surface area is 168 Å². The van der Waals surface area contributed by atoms with Crippen LogP contribution in [0.4, 0.5) is 5.69 Å². The van der Waals surface area contributed by atoms with Gasteiger partial charge in [0.15, 0.2) is 0 Å². The van der Waals surface area contributed by atoms with E-state index in [2.05, 4.69) is 10.4 Å². The second kappa shape index (κ2) is 8.44. The van der Waals surface area contributed by atoms with E-state index in [9.17, 15) is 9.59 Å². The Morgan fingerprint density at radius 1 is 1.00 bits per heavy atom. The molecule has 2 aromatic carbocycles. The third-order valence-electron chi connectivity index (χ3n) is 4.37. The monoisotopic (exact) mass is 393 g/mol. The molecule has 0 radical (unpaired) electrons. The van der Waals surface area contributed by atoms with E-state index in [1.54, 1.807) is 6.07 Å². The first-order chi connectivity index (χ1) is 13.3. The minimum Gasteiger partial charge on any atom is -0.325 e. The molecule has 0 spiro atoms. The van der Waals surface area contributed by atoms with Crippen LogP contribution < -0.4 is 10.9 Å². The molecule has 0 fully saturated rings. The van der Waals surface area contributed by atoms with Crippen LogP contribution in [0.3, 0.4) is 0 Å². The van der Waals surface area contributed by atoms with Crippen molar-refractivity contribution >= 4 is 23.4 Å². The topological polar surface area (TPSA) is 64.0 Å². The second-order valence-electron chi connectivity index (χ2n) is 6.82. The van der Waals surface area contributed by atoms with Crippen molar-refractivity contribution in [1.82, 2.24) is 9.78 Å². The highest BCUT2D eigenvalue weighted by Crippen LogP contribution is 2.23. The fraction of sp³-hybridized carbons (Fsp3) is 0.227.